The molecule has 5 nitrogen and oxygen atoms in total. The number of alkyl halides is 3. The molecule has 2 aromatic carbocycles. The van der Waals surface area contributed by atoms with Gasteiger partial charge in [-0.25, -0.2) is 4.98 Å². The second-order valence-electron chi connectivity index (χ2n) is 6.65. The van der Waals surface area contributed by atoms with E-state index < -0.39 is 18.0 Å². The van der Waals surface area contributed by atoms with Crippen molar-refractivity contribution in [3.8, 4) is 17.0 Å². The highest BCUT2D eigenvalue weighted by atomic mass is 19.4. The summed E-state index contributed by atoms with van der Waals surface area (Å²) in [5, 5.41) is 2.75. The van der Waals surface area contributed by atoms with Gasteiger partial charge >= 0.3 is 6.36 Å². The van der Waals surface area contributed by atoms with E-state index in [-0.39, 0.29) is 5.56 Å². The quantitative estimate of drug-likeness (QED) is 0.485. The van der Waals surface area contributed by atoms with Gasteiger partial charge in [-0.15, -0.1) is 13.2 Å². The number of carbonyl (C=O) groups is 1. The van der Waals surface area contributed by atoms with Gasteiger partial charge in [-0.05, 0) is 48.9 Å². The number of carbonyl (C=O) groups excluding carboxylic acids is 1. The topological polar surface area (TPSA) is 55.6 Å². The third kappa shape index (κ3) is 4.27. The van der Waals surface area contributed by atoms with Gasteiger partial charge in [0.15, 0.2) is 0 Å². The number of anilines is 1. The molecule has 1 amide bonds. The second kappa shape index (κ2) is 7.55. The van der Waals surface area contributed by atoms with Crippen LogP contribution in [0.25, 0.3) is 16.9 Å². The number of pyridine rings is 1. The molecule has 0 saturated heterocycles. The van der Waals surface area contributed by atoms with Crippen molar-refractivity contribution in [2.24, 2.45) is 0 Å². The molecule has 0 spiro atoms. The number of ether oxygens (including phenoxy) is 1. The van der Waals surface area contributed by atoms with Crippen LogP contribution in [-0.4, -0.2) is 21.7 Å². The lowest BCUT2D eigenvalue weighted by Gasteiger charge is -2.12. The molecule has 152 valence electrons. The van der Waals surface area contributed by atoms with Gasteiger partial charge in [0, 0.05) is 29.2 Å². The van der Waals surface area contributed by atoms with Crippen LogP contribution in [0, 0.1) is 6.92 Å². The summed E-state index contributed by atoms with van der Waals surface area (Å²) in [7, 11) is 0. The van der Waals surface area contributed by atoms with Gasteiger partial charge in [-0.3, -0.25) is 4.79 Å². The molecule has 4 rings (SSSR count). The zero-order valence-corrected chi connectivity index (χ0v) is 15.8. The summed E-state index contributed by atoms with van der Waals surface area (Å²) in [5.74, 6) is -0.997. The fourth-order valence-corrected chi connectivity index (χ4v) is 3.02. The summed E-state index contributed by atoms with van der Waals surface area (Å²) in [6.07, 6.45) is -1.06. The molecule has 1 N–H and O–H groups in total. The molecule has 0 unspecified atom stereocenters. The minimum atomic E-state index is -4.83. The number of imidazole rings is 1. The van der Waals surface area contributed by atoms with E-state index in [1.54, 1.807) is 6.07 Å². The predicted molar refractivity (Wildman–Crippen MR) is 106 cm³/mol. The van der Waals surface area contributed by atoms with E-state index in [1.807, 2.05) is 54.0 Å². The van der Waals surface area contributed by atoms with Gasteiger partial charge in [0.25, 0.3) is 5.91 Å². The second-order valence-corrected chi connectivity index (χ2v) is 6.65. The van der Waals surface area contributed by atoms with E-state index in [9.17, 15) is 18.0 Å². The Morgan fingerprint density at radius 3 is 2.67 bits per heavy atom. The van der Waals surface area contributed by atoms with E-state index in [4.69, 9.17) is 0 Å². The average Bonchev–Trinajstić information content (AvgIpc) is 3.13. The van der Waals surface area contributed by atoms with Gasteiger partial charge in [-0.1, -0.05) is 24.3 Å². The van der Waals surface area contributed by atoms with Crippen molar-refractivity contribution in [2.75, 3.05) is 5.32 Å². The molecule has 0 aliphatic carbocycles. The predicted octanol–water partition coefficient (Wildman–Crippen LogP) is 5.46. The molecule has 0 saturated carbocycles. The van der Waals surface area contributed by atoms with Crippen LogP contribution < -0.4 is 10.1 Å². The fraction of sp³-hybridized carbons (Fsp3) is 0.0909. The van der Waals surface area contributed by atoms with Crippen molar-refractivity contribution >= 4 is 17.2 Å². The van der Waals surface area contributed by atoms with E-state index in [2.05, 4.69) is 15.0 Å². The van der Waals surface area contributed by atoms with Crippen LogP contribution in [0.4, 0.5) is 18.9 Å². The van der Waals surface area contributed by atoms with Crippen molar-refractivity contribution in [2.45, 2.75) is 13.3 Å². The lowest BCUT2D eigenvalue weighted by Crippen LogP contribution is -2.18. The molecule has 0 atom stereocenters. The third-order valence-corrected chi connectivity index (χ3v) is 4.48. The van der Waals surface area contributed by atoms with Crippen LogP contribution in [0.5, 0.6) is 5.75 Å². The average molecular weight is 411 g/mol. The monoisotopic (exact) mass is 411 g/mol. The smallest absolute Gasteiger partial charge is 0.406 e. The van der Waals surface area contributed by atoms with Crippen LogP contribution in [0.3, 0.4) is 0 Å². The number of benzene rings is 2. The highest BCUT2D eigenvalue weighted by Gasteiger charge is 2.31. The molecule has 0 fully saturated rings. The largest absolute Gasteiger partial charge is 0.573 e. The molecular formula is C22H16F3N3O2. The Bertz CT molecular complexity index is 1200. The molecule has 8 heteroatoms. The number of aryl methyl sites for hydroxylation is 1. The third-order valence-electron chi connectivity index (χ3n) is 4.48. The van der Waals surface area contributed by atoms with Crippen LogP contribution >= 0.6 is 0 Å². The Hall–Kier alpha value is -3.81. The fourth-order valence-electron chi connectivity index (χ4n) is 3.02. The van der Waals surface area contributed by atoms with Crippen molar-refractivity contribution < 1.29 is 22.7 Å². The SMILES string of the molecule is Cc1ccc(-c2cn3ccccc3n2)cc1NC(=O)c1cccc(OC(F)(F)F)c1. The van der Waals surface area contributed by atoms with Crippen LogP contribution in [0.2, 0.25) is 0 Å². The summed E-state index contributed by atoms with van der Waals surface area (Å²) < 4.78 is 43.0. The van der Waals surface area contributed by atoms with Gasteiger partial charge < -0.3 is 14.5 Å². The summed E-state index contributed by atoms with van der Waals surface area (Å²) in [6, 6.07) is 16.1. The molecule has 2 aromatic heterocycles. The number of nitrogens with one attached hydrogen (secondary N) is 1. The highest BCUT2D eigenvalue weighted by Crippen LogP contribution is 2.27. The summed E-state index contributed by atoms with van der Waals surface area (Å²) in [6.45, 7) is 1.83. The first-order chi connectivity index (χ1) is 14.3. The molecule has 0 radical (unpaired) electrons. The number of fused-ring (bicyclic) bond motifs is 1. The maximum Gasteiger partial charge on any atom is 0.573 e. The minimum Gasteiger partial charge on any atom is -0.406 e. The molecule has 2 heterocycles. The van der Waals surface area contributed by atoms with E-state index in [1.165, 1.54) is 12.1 Å². The first-order valence-corrected chi connectivity index (χ1v) is 9.00. The van der Waals surface area contributed by atoms with Crippen molar-refractivity contribution in [3.63, 3.8) is 0 Å². The number of hydrogen-bond acceptors (Lipinski definition) is 3. The molecule has 4 aromatic rings. The first kappa shape index (κ1) is 19.5. The number of halogens is 3. The van der Waals surface area contributed by atoms with Gasteiger partial charge in [-0.2, -0.15) is 0 Å². The lowest BCUT2D eigenvalue weighted by molar-refractivity contribution is -0.274. The number of hydrogen-bond donors (Lipinski definition) is 1. The standard InChI is InChI=1S/C22H16F3N3O2/c1-14-8-9-15(19-13-28-10-3-2-7-20(28)26-19)12-18(14)27-21(29)16-5-4-6-17(11-16)30-22(23,24)25/h2-13H,1H3,(H,27,29). The van der Waals surface area contributed by atoms with E-state index in [0.29, 0.717) is 5.69 Å². The minimum absolute atomic E-state index is 0.0503. The molecule has 0 aliphatic rings. The van der Waals surface area contributed by atoms with E-state index in [0.717, 1.165) is 34.6 Å². The number of amides is 1. The molecule has 30 heavy (non-hydrogen) atoms. The zero-order valence-electron chi connectivity index (χ0n) is 15.8. The van der Waals surface area contributed by atoms with Crippen LogP contribution in [0.1, 0.15) is 15.9 Å². The number of nitrogens with zero attached hydrogens (tertiary/aromatic N) is 2. The Balaban J connectivity index is 1.59. The number of rotatable bonds is 4. The Morgan fingerprint density at radius 2 is 1.90 bits per heavy atom. The Labute approximate surface area is 169 Å². The first-order valence-electron chi connectivity index (χ1n) is 9.00. The van der Waals surface area contributed by atoms with Crippen LogP contribution in [0.15, 0.2) is 73.1 Å². The van der Waals surface area contributed by atoms with Crippen molar-refractivity contribution in [1.29, 1.82) is 0 Å². The van der Waals surface area contributed by atoms with Crippen molar-refractivity contribution in [1.82, 2.24) is 9.38 Å². The molecule has 0 aliphatic heterocycles. The van der Waals surface area contributed by atoms with Crippen LogP contribution in [-0.2, 0) is 0 Å². The Kier molecular flexibility index (Phi) is 4.91. The van der Waals surface area contributed by atoms with Gasteiger partial charge in [0.2, 0.25) is 0 Å². The number of aromatic nitrogens is 2. The lowest BCUT2D eigenvalue weighted by atomic mass is 10.1. The molecular weight excluding hydrogens is 395 g/mol. The molecule has 0 bridgehead atoms. The zero-order chi connectivity index (χ0) is 21.3. The van der Waals surface area contributed by atoms with Gasteiger partial charge in [0.05, 0.1) is 5.69 Å². The summed E-state index contributed by atoms with van der Waals surface area (Å²) in [5.41, 5.74) is 3.72. The maximum atomic E-state index is 12.6. The highest BCUT2D eigenvalue weighted by molar-refractivity contribution is 6.05. The van der Waals surface area contributed by atoms with Crippen molar-refractivity contribution in [3.05, 3.63) is 84.2 Å². The summed E-state index contributed by atoms with van der Waals surface area (Å²) >= 11 is 0. The Morgan fingerprint density at radius 1 is 1.07 bits per heavy atom. The van der Waals surface area contributed by atoms with E-state index >= 15 is 0 Å². The maximum absolute atomic E-state index is 12.6. The van der Waals surface area contributed by atoms with Gasteiger partial charge in [0.1, 0.15) is 11.4 Å². The summed E-state index contributed by atoms with van der Waals surface area (Å²) in [4.78, 5) is 17.2. The normalized spacial score (nSPS) is 11.5.